The average molecular weight is 412 g/mol. The molecule has 5 rings (SSSR count). The molecule has 1 aliphatic heterocycles. The lowest BCUT2D eigenvalue weighted by Gasteiger charge is -2.28. The number of ether oxygens (including phenoxy) is 1. The van der Waals surface area contributed by atoms with Crippen molar-refractivity contribution in [3.05, 3.63) is 93.5 Å². The molecule has 1 atom stereocenters. The summed E-state index contributed by atoms with van der Waals surface area (Å²) >= 11 is 6.68. The van der Waals surface area contributed by atoms with E-state index in [0.717, 1.165) is 43.9 Å². The first-order valence-electron chi connectivity index (χ1n) is 9.64. The van der Waals surface area contributed by atoms with Crippen molar-refractivity contribution in [2.75, 3.05) is 0 Å². The predicted octanol–water partition coefficient (Wildman–Crippen LogP) is 5.88. The highest BCUT2D eigenvalue weighted by molar-refractivity contribution is 6.30. The molecular weight excluding hydrogens is 394 g/mol. The minimum Gasteiger partial charge on any atom is -0.440 e. The molecule has 0 spiro atoms. The molecule has 0 unspecified atom stereocenters. The molecule has 5 heteroatoms. The molecule has 0 fully saturated rings. The van der Waals surface area contributed by atoms with Crippen LogP contribution in [-0.2, 0) is 0 Å². The minimum atomic E-state index is -0.450. The van der Waals surface area contributed by atoms with Crippen molar-refractivity contribution in [3.63, 3.8) is 0 Å². The molecule has 0 aliphatic carbocycles. The molecule has 3 aromatic carbocycles. The third kappa shape index (κ3) is 2.71. The number of benzene rings is 3. The van der Waals surface area contributed by atoms with Crippen LogP contribution < -0.4 is 10.5 Å². The van der Waals surface area contributed by atoms with E-state index in [-0.39, 0.29) is 5.88 Å². The van der Waals surface area contributed by atoms with Gasteiger partial charge in [-0.3, -0.25) is 0 Å². The van der Waals surface area contributed by atoms with Crippen LogP contribution in [0.5, 0.6) is 5.75 Å². The van der Waals surface area contributed by atoms with Crippen molar-refractivity contribution in [2.45, 2.75) is 19.8 Å². The third-order valence-corrected chi connectivity index (χ3v) is 5.95. The van der Waals surface area contributed by atoms with Crippen LogP contribution >= 0.6 is 11.6 Å². The van der Waals surface area contributed by atoms with E-state index in [1.54, 1.807) is 0 Å². The van der Waals surface area contributed by atoms with Gasteiger partial charge in [-0.1, -0.05) is 59.6 Å². The fourth-order valence-electron chi connectivity index (χ4n) is 4.35. The highest BCUT2D eigenvalue weighted by Crippen LogP contribution is 2.47. The second-order valence-electron chi connectivity index (χ2n) is 7.65. The number of halogens is 1. The van der Waals surface area contributed by atoms with Crippen LogP contribution in [0, 0.1) is 25.2 Å². The summed E-state index contributed by atoms with van der Waals surface area (Å²) in [5.41, 5.74) is 11.2. The van der Waals surface area contributed by atoms with Gasteiger partial charge in [-0.2, -0.15) is 5.26 Å². The van der Waals surface area contributed by atoms with Crippen LogP contribution in [0.3, 0.4) is 0 Å². The summed E-state index contributed by atoms with van der Waals surface area (Å²) in [6.07, 6.45) is 0. The summed E-state index contributed by atoms with van der Waals surface area (Å²) < 4.78 is 5.94. The number of aryl methyl sites for hydroxylation is 2. The maximum absolute atomic E-state index is 9.89. The topological polar surface area (TPSA) is 71.9 Å². The van der Waals surface area contributed by atoms with Gasteiger partial charge in [0.05, 0.1) is 11.4 Å². The summed E-state index contributed by atoms with van der Waals surface area (Å²) in [5, 5.41) is 13.2. The SMILES string of the molecule is Cc1cc(C)c2nc(Cl)c([C@@H]3C(C#N)=C(N)Oc4c3ccc3ccccc43)cc2c1. The van der Waals surface area contributed by atoms with Crippen LogP contribution in [0.15, 0.2) is 66.1 Å². The first kappa shape index (κ1) is 18.5. The zero-order valence-electron chi connectivity index (χ0n) is 16.5. The Morgan fingerprint density at radius 1 is 1.03 bits per heavy atom. The van der Waals surface area contributed by atoms with Gasteiger partial charge in [-0.25, -0.2) is 4.98 Å². The van der Waals surface area contributed by atoms with Crippen LogP contribution in [-0.4, -0.2) is 4.98 Å². The number of rotatable bonds is 1. The van der Waals surface area contributed by atoms with Crippen molar-refractivity contribution < 1.29 is 4.74 Å². The standard InChI is InChI=1S/C25H18ClN3O/c1-13-9-14(2)22-16(10-13)11-19(24(26)29-22)21-18-8-7-15-5-3-4-6-17(15)23(18)30-25(28)20(21)12-27/h3-11,21H,28H2,1-2H3/t21-/m1/s1. The number of nitriles is 1. The second kappa shape index (κ2) is 6.76. The number of hydrogen-bond acceptors (Lipinski definition) is 4. The molecule has 1 aliphatic rings. The van der Waals surface area contributed by atoms with Gasteiger partial charge in [0.25, 0.3) is 0 Å². The lowest BCUT2D eigenvalue weighted by atomic mass is 9.82. The number of aromatic nitrogens is 1. The highest BCUT2D eigenvalue weighted by Gasteiger charge is 2.33. The molecule has 2 heterocycles. The van der Waals surface area contributed by atoms with E-state index in [0.29, 0.717) is 16.5 Å². The Balaban J connectivity index is 1.83. The molecule has 1 aromatic heterocycles. The number of hydrogen-bond donors (Lipinski definition) is 1. The number of nitrogens with zero attached hydrogens (tertiary/aromatic N) is 2. The van der Waals surface area contributed by atoms with Crippen LogP contribution in [0.1, 0.15) is 28.2 Å². The van der Waals surface area contributed by atoms with E-state index in [4.69, 9.17) is 22.1 Å². The monoisotopic (exact) mass is 411 g/mol. The summed E-state index contributed by atoms with van der Waals surface area (Å²) in [6, 6.07) is 20.4. The average Bonchev–Trinajstić information content (AvgIpc) is 2.73. The fourth-order valence-corrected chi connectivity index (χ4v) is 4.60. The van der Waals surface area contributed by atoms with Crippen molar-refractivity contribution in [1.29, 1.82) is 5.26 Å². The van der Waals surface area contributed by atoms with E-state index in [2.05, 4.69) is 30.1 Å². The molecule has 0 bridgehead atoms. The lowest BCUT2D eigenvalue weighted by Crippen LogP contribution is -2.21. The summed E-state index contributed by atoms with van der Waals surface area (Å²) in [4.78, 5) is 4.67. The lowest BCUT2D eigenvalue weighted by molar-refractivity contribution is 0.398. The first-order valence-corrected chi connectivity index (χ1v) is 10.0. The Kier molecular flexibility index (Phi) is 4.16. The molecule has 0 radical (unpaired) electrons. The van der Waals surface area contributed by atoms with Crippen molar-refractivity contribution in [3.8, 4) is 11.8 Å². The largest absolute Gasteiger partial charge is 0.440 e. The predicted molar refractivity (Wildman–Crippen MR) is 119 cm³/mol. The maximum atomic E-state index is 9.89. The second-order valence-corrected chi connectivity index (χ2v) is 8.01. The van der Waals surface area contributed by atoms with E-state index in [9.17, 15) is 5.26 Å². The molecule has 0 saturated heterocycles. The van der Waals surface area contributed by atoms with Crippen molar-refractivity contribution in [2.24, 2.45) is 5.73 Å². The number of allylic oxidation sites excluding steroid dienone is 1. The van der Waals surface area contributed by atoms with Crippen molar-refractivity contribution in [1.82, 2.24) is 4.98 Å². The van der Waals surface area contributed by atoms with Gasteiger partial charge < -0.3 is 10.5 Å². The maximum Gasteiger partial charge on any atom is 0.205 e. The Morgan fingerprint density at radius 2 is 1.83 bits per heavy atom. The van der Waals surface area contributed by atoms with Gasteiger partial charge in [0.2, 0.25) is 5.88 Å². The zero-order chi connectivity index (χ0) is 21.0. The fraction of sp³-hybridized carbons (Fsp3) is 0.120. The normalized spacial score (nSPS) is 15.7. The Bertz CT molecular complexity index is 1430. The number of nitrogens with two attached hydrogens (primary N) is 1. The molecular formula is C25H18ClN3O. The third-order valence-electron chi connectivity index (χ3n) is 5.65. The summed E-state index contributed by atoms with van der Waals surface area (Å²) in [5.74, 6) is 0.308. The molecule has 0 saturated carbocycles. The molecule has 4 aromatic rings. The minimum absolute atomic E-state index is 0.0999. The smallest absolute Gasteiger partial charge is 0.205 e. The summed E-state index contributed by atoms with van der Waals surface area (Å²) in [7, 11) is 0. The van der Waals surface area contributed by atoms with Crippen LogP contribution in [0.2, 0.25) is 5.15 Å². The van der Waals surface area contributed by atoms with Gasteiger partial charge in [-0.05, 0) is 36.9 Å². The Labute approximate surface area is 179 Å². The molecule has 0 amide bonds. The number of fused-ring (bicyclic) bond motifs is 4. The van der Waals surface area contributed by atoms with E-state index in [1.807, 2.05) is 49.4 Å². The molecule has 146 valence electrons. The van der Waals surface area contributed by atoms with Gasteiger partial charge in [-0.15, -0.1) is 0 Å². The van der Waals surface area contributed by atoms with Crippen LogP contribution in [0.4, 0.5) is 0 Å². The zero-order valence-corrected chi connectivity index (χ0v) is 17.3. The summed E-state index contributed by atoms with van der Waals surface area (Å²) in [6.45, 7) is 4.07. The van der Waals surface area contributed by atoms with E-state index >= 15 is 0 Å². The van der Waals surface area contributed by atoms with Gasteiger partial charge >= 0.3 is 0 Å². The molecule has 30 heavy (non-hydrogen) atoms. The Hall–Kier alpha value is -3.55. The first-order chi connectivity index (χ1) is 14.5. The van der Waals surface area contributed by atoms with Crippen LogP contribution in [0.25, 0.3) is 21.7 Å². The molecule has 2 N–H and O–H groups in total. The quantitative estimate of drug-likeness (QED) is 0.397. The highest BCUT2D eigenvalue weighted by atomic mass is 35.5. The van der Waals surface area contributed by atoms with E-state index < -0.39 is 5.92 Å². The Morgan fingerprint density at radius 3 is 2.63 bits per heavy atom. The van der Waals surface area contributed by atoms with Gasteiger partial charge in [0, 0.05) is 21.9 Å². The van der Waals surface area contributed by atoms with Crippen molar-refractivity contribution >= 4 is 33.3 Å². The van der Waals surface area contributed by atoms with Gasteiger partial charge in [0.1, 0.15) is 22.5 Å². The van der Waals surface area contributed by atoms with E-state index in [1.165, 1.54) is 0 Å². The number of pyridine rings is 1. The molecule has 4 nitrogen and oxygen atoms in total. The van der Waals surface area contributed by atoms with Gasteiger partial charge in [0.15, 0.2) is 0 Å².